The molecule has 1 atom stereocenters. The quantitative estimate of drug-likeness (QED) is 0.777. The predicted molar refractivity (Wildman–Crippen MR) is 68.6 cm³/mol. The first-order chi connectivity index (χ1) is 7.64. The second-order valence-corrected chi connectivity index (χ2v) is 5.04. The molecular weight excluding hydrogens is 196 g/mol. The predicted octanol–water partition coefficient (Wildman–Crippen LogP) is 2.14. The summed E-state index contributed by atoms with van der Waals surface area (Å²) < 4.78 is 0. The smallest absolute Gasteiger partial charge is 0.0557 e. The van der Waals surface area contributed by atoms with Gasteiger partial charge >= 0.3 is 0 Å². The fourth-order valence-electron chi connectivity index (χ4n) is 2.63. The highest BCUT2D eigenvalue weighted by molar-refractivity contribution is 5.33. The molecule has 1 fully saturated rings. The van der Waals surface area contributed by atoms with Gasteiger partial charge in [-0.3, -0.25) is 4.90 Å². The summed E-state index contributed by atoms with van der Waals surface area (Å²) >= 11 is 0. The maximum Gasteiger partial charge on any atom is 0.0557 e. The Morgan fingerprint density at radius 1 is 1.31 bits per heavy atom. The Bertz CT molecular complexity index is 362. The molecule has 1 aromatic rings. The van der Waals surface area contributed by atoms with Crippen molar-refractivity contribution in [2.24, 2.45) is 0 Å². The van der Waals surface area contributed by atoms with Crippen molar-refractivity contribution in [2.75, 3.05) is 26.7 Å². The van der Waals surface area contributed by atoms with E-state index in [0.29, 0.717) is 0 Å². The Morgan fingerprint density at radius 2 is 2.06 bits per heavy atom. The van der Waals surface area contributed by atoms with Crippen LogP contribution in [0.25, 0.3) is 0 Å². The first-order valence-electron chi connectivity index (χ1n) is 6.13. The van der Waals surface area contributed by atoms with Gasteiger partial charge in [-0.15, -0.1) is 0 Å². The van der Waals surface area contributed by atoms with Crippen LogP contribution in [0.2, 0.25) is 0 Å². The lowest BCUT2D eigenvalue weighted by atomic mass is 9.87. The third kappa shape index (κ3) is 2.00. The van der Waals surface area contributed by atoms with E-state index in [1.807, 2.05) is 0 Å². The number of nitrogens with one attached hydrogen (secondary N) is 1. The third-order valence-corrected chi connectivity index (χ3v) is 3.88. The van der Waals surface area contributed by atoms with Crippen molar-refractivity contribution in [3.63, 3.8) is 0 Å². The molecule has 88 valence electrons. The third-order valence-electron chi connectivity index (χ3n) is 3.88. The molecule has 2 nitrogen and oxygen atoms in total. The molecule has 1 heterocycles. The fourth-order valence-corrected chi connectivity index (χ4v) is 2.63. The van der Waals surface area contributed by atoms with Crippen molar-refractivity contribution in [2.45, 2.75) is 25.8 Å². The molecule has 1 aliphatic rings. The number of nitrogens with zero attached hydrogens (tertiary/aromatic N) is 1. The standard InChI is InChI=1S/C14H22N2/c1-12-7-4-5-8-13(12)14(2)11-15-9-6-10-16(14)3/h4-5,7-8,15H,6,9-11H2,1-3H3. The van der Waals surface area contributed by atoms with Gasteiger partial charge in [0.15, 0.2) is 0 Å². The average Bonchev–Trinajstić information content (AvgIpc) is 2.43. The molecule has 0 spiro atoms. The molecule has 2 rings (SSSR count). The summed E-state index contributed by atoms with van der Waals surface area (Å²) in [6.07, 6.45) is 1.23. The second kappa shape index (κ2) is 4.56. The SMILES string of the molecule is Cc1ccccc1C1(C)CNCCCN1C. The van der Waals surface area contributed by atoms with Crippen LogP contribution in [0.3, 0.4) is 0 Å². The van der Waals surface area contributed by atoms with Crippen LogP contribution in [-0.4, -0.2) is 31.6 Å². The van der Waals surface area contributed by atoms with E-state index in [0.717, 1.165) is 19.6 Å². The van der Waals surface area contributed by atoms with E-state index in [2.05, 4.69) is 55.4 Å². The Hall–Kier alpha value is -0.860. The lowest BCUT2D eigenvalue weighted by molar-refractivity contribution is 0.151. The van der Waals surface area contributed by atoms with E-state index in [9.17, 15) is 0 Å². The van der Waals surface area contributed by atoms with E-state index >= 15 is 0 Å². The highest BCUT2D eigenvalue weighted by Gasteiger charge is 2.33. The van der Waals surface area contributed by atoms with Crippen LogP contribution in [0.15, 0.2) is 24.3 Å². The van der Waals surface area contributed by atoms with Gasteiger partial charge in [0, 0.05) is 6.54 Å². The Morgan fingerprint density at radius 3 is 2.81 bits per heavy atom. The fraction of sp³-hybridized carbons (Fsp3) is 0.571. The average molecular weight is 218 g/mol. The van der Waals surface area contributed by atoms with E-state index in [-0.39, 0.29) is 5.54 Å². The van der Waals surface area contributed by atoms with Gasteiger partial charge in [-0.25, -0.2) is 0 Å². The lowest BCUT2D eigenvalue weighted by Gasteiger charge is -2.39. The molecule has 1 N–H and O–H groups in total. The summed E-state index contributed by atoms with van der Waals surface area (Å²) in [4.78, 5) is 2.48. The molecule has 0 aliphatic carbocycles. The molecule has 1 saturated heterocycles. The van der Waals surface area contributed by atoms with Crippen molar-refractivity contribution in [3.8, 4) is 0 Å². The summed E-state index contributed by atoms with van der Waals surface area (Å²) in [5, 5.41) is 3.55. The van der Waals surface area contributed by atoms with E-state index < -0.39 is 0 Å². The second-order valence-electron chi connectivity index (χ2n) is 5.04. The lowest BCUT2D eigenvalue weighted by Crippen LogP contribution is -2.46. The summed E-state index contributed by atoms with van der Waals surface area (Å²) in [5.74, 6) is 0. The topological polar surface area (TPSA) is 15.3 Å². The maximum absolute atomic E-state index is 3.55. The maximum atomic E-state index is 3.55. The normalized spacial score (nSPS) is 27.7. The molecule has 1 aromatic carbocycles. The molecule has 0 amide bonds. The molecule has 0 saturated carbocycles. The zero-order chi connectivity index (χ0) is 11.6. The van der Waals surface area contributed by atoms with Gasteiger partial charge < -0.3 is 5.32 Å². The van der Waals surface area contributed by atoms with Crippen LogP contribution in [0.4, 0.5) is 0 Å². The van der Waals surface area contributed by atoms with E-state index in [1.165, 1.54) is 17.5 Å². The highest BCUT2D eigenvalue weighted by atomic mass is 15.2. The molecule has 0 aromatic heterocycles. The number of hydrogen-bond acceptors (Lipinski definition) is 2. The number of likely N-dealkylation sites (N-methyl/N-ethyl adjacent to an activating group) is 1. The number of aryl methyl sites for hydroxylation is 1. The molecule has 1 unspecified atom stereocenters. The Balaban J connectivity index is 2.39. The monoisotopic (exact) mass is 218 g/mol. The number of hydrogen-bond donors (Lipinski definition) is 1. The molecule has 16 heavy (non-hydrogen) atoms. The van der Waals surface area contributed by atoms with Gasteiger partial charge in [-0.05, 0) is 51.5 Å². The molecule has 2 heteroatoms. The highest BCUT2D eigenvalue weighted by Crippen LogP contribution is 2.30. The molecular formula is C14H22N2. The van der Waals surface area contributed by atoms with Gasteiger partial charge in [0.1, 0.15) is 0 Å². The van der Waals surface area contributed by atoms with Crippen molar-refractivity contribution in [3.05, 3.63) is 35.4 Å². The molecule has 0 bridgehead atoms. The van der Waals surface area contributed by atoms with Gasteiger partial charge in [0.05, 0.1) is 5.54 Å². The van der Waals surface area contributed by atoms with E-state index in [4.69, 9.17) is 0 Å². The van der Waals surface area contributed by atoms with Crippen LogP contribution in [0, 0.1) is 6.92 Å². The molecule has 1 aliphatic heterocycles. The van der Waals surface area contributed by atoms with Gasteiger partial charge in [-0.1, -0.05) is 24.3 Å². The first kappa shape index (κ1) is 11.6. The van der Waals surface area contributed by atoms with E-state index in [1.54, 1.807) is 0 Å². The van der Waals surface area contributed by atoms with Gasteiger partial charge in [-0.2, -0.15) is 0 Å². The zero-order valence-corrected chi connectivity index (χ0v) is 10.6. The summed E-state index contributed by atoms with van der Waals surface area (Å²) in [6, 6.07) is 8.73. The van der Waals surface area contributed by atoms with Gasteiger partial charge in [0.2, 0.25) is 0 Å². The minimum atomic E-state index is 0.127. The Kier molecular flexibility index (Phi) is 3.31. The summed E-state index contributed by atoms with van der Waals surface area (Å²) in [5.41, 5.74) is 2.97. The van der Waals surface area contributed by atoms with Crippen molar-refractivity contribution >= 4 is 0 Å². The minimum Gasteiger partial charge on any atom is -0.315 e. The summed E-state index contributed by atoms with van der Waals surface area (Å²) in [7, 11) is 2.24. The zero-order valence-electron chi connectivity index (χ0n) is 10.6. The van der Waals surface area contributed by atoms with Crippen LogP contribution >= 0.6 is 0 Å². The number of rotatable bonds is 1. The van der Waals surface area contributed by atoms with Crippen LogP contribution < -0.4 is 5.32 Å². The first-order valence-corrected chi connectivity index (χ1v) is 6.13. The van der Waals surface area contributed by atoms with Crippen molar-refractivity contribution < 1.29 is 0 Å². The van der Waals surface area contributed by atoms with Gasteiger partial charge in [0.25, 0.3) is 0 Å². The Labute approximate surface area is 98.7 Å². The van der Waals surface area contributed by atoms with Crippen LogP contribution in [0.1, 0.15) is 24.5 Å². The largest absolute Gasteiger partial charge is 0.315 e. The van der Waals surface area contributed by atoms with Crippen molar-refractivity contribution in [1.29, 1.82) is 0 Å². The van der Waals surface area contributed by atoms with Crippen LogP contribution in [0.5, 0.6) is 0 Å². The molecule has 0 radical (unpaired) electrons. The van der Waals surface area contributed by atoms with Crippen LogP contribution in [-0.2, 0) is 5.54 Å². The summed E-state index contributed by atoms with van der Waals surface area (Å²) in [6.45, 7) is 7.88. The minimum absolute atomic E-state index is 0.127. The van der Waals surface area contributed by atoms with Crippen molar-refractivity contribution in [1.82, 2.24) is 10.2 Å². The number of benzene rings is 1.